The maximum atomic E-state index is 13.1. The van der Waals surface area contributed by atoms with E-state index in [0.717, 1.165) is 27.9 Å². The predicted molar refractivity (Wildman–Crippen MR) is 79.6 cm³/mol. The molecule has 0 amide bonds. The lowest BCUT2D eigenvalue weighted by molar-refractivity contribution is 0.415. The standard InChI is InChI=1S/C17H13FN2O/c1-20-16-9-13(21-2)7-8-14(16)15(10-19)17(20)11-3-5-12(18)6-4-11/h3-9H,1-2H3. The summed E-state index contributed by atoms with van der Waals surface area (Å²) in [6.45, 7) is 0. The van der Waals surface area contributed by atoms with Crippen molar-refractivity contribution in [2.75, 3.05) is 7.11 Å². The van der Waals surface area contributed by atoms with Crippen LogP contribution in [-0.2, 0) is 7.05 Å². The monoisotopic (exact) mass is 280 g/mol. The van der Waals surface area contributed by atoms with E-state index in [2.05, 4.69) is 6.07 Å². The highest BCUT2D eigenvalue weighted by atomic mass is 19.1. The van der Waals surface area contributed by atoms with Crippen LogP contribution < -0.4 is 4.74 Å². The topological polar surface area (TPSA) is 37.9 Å². The van der Waals surface area contributed by atoms with Crippen molar-refractivity contribution in [3.05, 3.63) is 53.8 Å². The summed E-state index contributed by atoms with van der Waals surface area (Å²) in [5.41, 5.74) is 3.08. The van der Waals surface area contributed by atoms with Crippen molar-refractivity contribution in [3.8, 4) is 23.1 Å². The lowest BCUT2D eigenvalue weighted by atomic mass is 10.1. The number of hydrogen-bond donors (Lipinski definition) is 0. The highest BCUT2D eigenvalue weighted by molar-refractivity contribution is 5.95. The number of nitrogens with zero attached hydrogens (tertiary/aromatic N) is 2. The molecular formula is C17H13FN2O. The van der Waals surface area contributed by atoms with E-state index in [1.54, 1.807) is 19.2 Å². The van der Waals surface area contributed by atoms with Crippen molar-refractivity contribution in [2.24, 2.45) is 7.05 Å². The third-order valence-electron chi connectivity index (χ3n) is 3.64. The third kappa shape index (κ3) is 2.03. The molecule has 0 aliphatic carbocycles. The van der Waals surface area contributed by atoms with Crippen LogP contribution in [0, 0.1) is 17.1 Å². The third-order valence-corrected chi connectivity index (χ3v) is 3.64. The molecule has 1 heterocycles. The summed E-state index contributed by atoms with van der Waals surface area (Å²) in [4.78, 5) is 0. The molecule has 0 unspecified atom stereocenters. The first-order valence-electron chi connectivity index (χ1n) is 6.48. The summed E-state index contributed by atoms with van der Waals surface area (Å²) < 4.78 is 20.3. The SMILES string of the molecule is COc1ccc2c(C#N)c(-c3ccc(F)cc3)n(C)c2c1. The van der Waals surface area contributed by atoms with Crippen LogP contribution in [0.25, 0.3) is 22.2 Å². The van der Waals surface area contributed by atoms with E-state index in [-0.39, 0.29) is 5.82 Å². The molecule has 104 valence electrons. The van der Waals surface area contributed by atoms with E-state index in [9.17, 15) is 9.65 Å². The number of rotatable bonds is 2. The van der Waals surface area contributed by atoms with Crippen LogP contribution in [-0.4, -0.2) is 11.7 Å². The minimum atomic E-state index is -0.294. The fourth-order valence-corrected chi connectivity index (χ4v) is 2.60. The summed E-state index contributed by atoms with van der Waals surface area (Å²) in [5.74, 6) is 0.441. The van der Waals surface area contributed by atoms with Gasteiger partial charge in [-0.1, -0.05) is 0 Å². The smallest absolute Gasteiger partial charge is 0.123 e. The molecule has 2 aromatic carbocycles. The maximum absolute atomic E-state index is 13.1. The van der Waals surface area contributed by atoms with Gasteiger partial charge in [-0.2, -0.15) is 5.26 Å². The lowest BCUT2D eigenvalue weighted by Gasteiger charge is -2.05. The van der Waals surface area contributed by atoms with Gasteiger partial charge in [0.2, 0.25) is 0 Å². The average molecular weight is 280 g/mol. The zero-order valence-electron chi connectivity index (χ0n) is 11.7. The van der Waals surface area contributed by atoms with E-state index < -0.39 is 0 Å². The summed E-state index contributed by atoms with van der Waals surface area (Å²) in [6, 6.07) is 14.0. The van der Waals surface area contributed by atoms with Crippen molar-refractivity contribution < 1.29 is 9.13 Å². The van der Waals surface area contributed by atoms with Crippen molar-refractivity contribution >= 4 is 10.9 Å². The highest BCUT2D eigenvalue weighted by Crippen LogP contribution is 2.34. The molecule has 0 spiro atoms. The van der Waals surface area contributed by atoms with Crippen LogP contribution >= 0.6 is 0 Å². The Hall–Kier alpha value is -2.80. The molecule has 3 nitrogen and oxygen atoms in total. The van der Waals surface area contributed by atoms with Crippen LogP contribution in [0.1, 0.15) is 5.56 Å². The van der Waals surface area contributed by atoms with E-state index in [4.69, 9.17) is 4.74 Å². The van der Waals surface area contributed by atoms with Crippen molar-refractivity contribution in [1.82, 2.24) is 4.57 Å². The molecule has 0 saturated carbocycles. The number of aromatic nitrogens is 1. The quantitative estimate of drug-likeness (QED) is 0.714. The van der Waals surface area contributed by atoms with Gasteiger partial charge in [-0.05, 0) is 42.0 Å². The Kier molecular flexibility index (Phi) is 3.11. The maximum Gasteiger partial charge on any atom is 0.123 e. The Labute approximate surface area is 121 Å². The molecule has 21 heavy (non-hydrogen) atoms. The van der Waals surface area contributed by atoms with E-state index >= 15 is 0 Å². The number of ether oxygens (including phenoxy) is 1. The van der Waals surface area contributed by atoms with Gasteiger partial charge in [-0.15, -0.1) is 0 Å². The number of nitriles is 1. The first-order valence-corrected chi connectivity index (χ1v) is 6.48. The Bertz CT molecular complexity index is 857. The van der Waals surface area contributed by atoms with Crippen LogP contribution in [0.5, 0.6) is 5.75 Å². The van der Waals surface area contributed by atoms with Crippen LogP contribution in [0.3, 0.4) is 0 Å². The second-order valence-corrected chi connectivity index (χ2v) is 4.78. The minimum Gasteiger partial charge on any atom is -0.497 e. The number of benzene rings is 2. The number of aryl methyl sites for hydroxylation is 1. The normalized spacial score (nSPS) is 10.6. The van der Waals surface area contributed by atoms with Gasteiger partial charge >= 0.3 is 0 Å². The molecule has 0 N–H and O–H groups in total. The van der Waals surface area contributed by atoms with Gasteiger partial charge in [-0.25, -0.2) is 4.39 Å². The number of hydrogen-bond acceptors (Lipinski definition) is 2. The molecule has 0 saturated heterocycles. The van der Waals surface area contributed by atoms with E-state index in [0.29, 0.717) is 5.56 Å². The summed E-state index contributed by atoms with van der Waals surface area (Å²) in [5, 5.41) is 10.4. The molecule has 0 bridgehead atoms. The first kappa shape index (κ1) is 13.2. The zero-order chi connectivity index (χ0) is 15.0. The second kappa shape index (κ2) is 4.95. The Morgan fingerprint density at radius 1 is 1.14 bits per heavy atom. The highest BCUT2D eigenvalue weighted by Gasteiger charge is 2.17. The molecule has 0 atom stereocenters. The zero-order valence-corrected chi connectivity index (χ0v) is 11.7. The van der Waals surface area contributed by atoms with Crippen molar-refractivity contribution in [3.63, 3.8) is 0 Å². The van der Waals surface area contributed by atoms with Crippen LogP contribution in [0.15, 0.2) is 42.5 Å². The molecule has 3 rings (SSSR count). The molecule has 1 aromatic heterocycles. The molecule has 0 fully saturated rings. The predicted octanol–water partition coefficient (Wildman–Crippen LogP) is 3.86. The van der Waals surface area contributed by atoms with E-state index in [1.165, 1.54) is 12.1 Å². The van der Waals surface area contributed by atoms with Gasteiger partial charge in [0, 0.05) is 18.5 Å². The van der Waals surface area contributed by atoms with E-state index in [1.807, 2.05) is 29.8 Å². The van der Waals surface area contributed by atoms with Crippen molar-refractivity contribution in [2.45, 2.75) is 0 Å². The van der Waals surface area contributed by atoms with Gasteiger partial charge < -0.3 is 9.30 Å². The summed E-state index contributed by atoms with van der Waals surface area (Å²) in [7, 11) is 3.50. The molecule has 4 heteroatoms. The van der Waals surface area contributed by atoms with Gasteiger partial charge in [-0.3, -0.25) is 0 Å². The van der Waals surface area contributed by atoms with Gasteiger partial charge in [0.05, 0.1) is 23.9 Å². The summed E-state index contributed by atoms with van der Waals surface area (Å²) >= 11 is 0. The Balaban J connectivity index is 2.34. The molecule has 3 aromatic rings. The Morgan fingerprint density at radius 2 is 1.86 bits per heavy atom. The average Bonchev–Trinajstić information content (AvgIpc) is 2.80. The van der Waals surface area contributed by atoms with Crippen LogP contribution in [0.4, 0.5) is 4.39 Å². The molecule has 0 aliphatic rings. The number of methoxy groups -OCH3 is 1. The lowest BCUT2D eigenvalue weighted by Crippen LogP contribution is -1.93. The van der Waals surface area contributed by atoms with Gasteiger partial charge in [0.1, 0.15) is 17.6 Å². The molecular weight excluding hydrogens is 267 g/mol. The summed E-state index contributed by atoms with van der Waals surface area (Å²) in [6.07, 6.45) is 0. The van der Waals surface area contributed by atoms with Gasteiger partial charge in [0.25, 0.3) is 0 Å². The molecule has 0 aliphatic heterocycles. The number of fused-ring (bicyclic) bond motifs is 1. The van der Waals surface area contributed by atoms with Crippen LogP contribution in [0.2, 0.25) is 0 Å². The fourth-order valence-electron chi connectivity index (χ4n) is 2.60. The van der Waals surface area contributed by atoms with Crippen molar-refractivity contribution in [1.29, 1.82) is 5.26 Å². The van der Waals surface area contributed by atoms with Gasteiger partial charge in [0.15, 0.2) is 0 Å². The minimum absolute atomic E-state index is 0.294. The fraction of sp³-hybridized carbons (Fsp3) is 0.118. The molecule has 0 radical (unpaired) electrons. The first-order chi connectivity index (χ1) is 10.2. The largest absolute Gasteiger partial charge is 0.497 e. The Morgan fingerprint density at radius 3 is 2.48 bits per heavy atom. The second-order valence-electron chi connectivity index (χ2n) is 4.78. The number of halogens is 1.